The summed E-state index contributed by atoms with van der Waals surface area (Å²) in [6.07, 6.45) is 1.74. The molecule has 1 unspecified atom stereocenters. The maximum Gasteiger partial charge on any atom is 0.0991 e. The molecule has 2 rings (SSSR count). The predicted molar refractivity (Wildman–Crippen MR) is 65.0 cm³/mol. The van der Waals surface area contributed by atoms with Gasteiger partial charge in [0, 0.05) is 18.8 Å². The van der Waals surface area contributed by atoms with Crippen molar-refractivity contribution >= 4 is 0 Å². The number of nitriles is 1. The number of nitrogens with zero attached hydrogens (tertiary/aromatic N) is 2. The van der Waals surface area contributed by atoms with E-state index in [1.807, 2.05) is 30.3 Å². The van der Waals surface area contributed by atoms with Crippen LogP contribution in [0, 0.1) is 11.3 Å². The highest BCUT2D eigenvalue weighted by atomic mass is 15.1. The molecule has 1 heterocycles. The van der Waals surface area contributed by atoms with Gasteiger partial charge in [-0.2, -0.15) is 10.4 Å². The Hall–Kier alpha value is -2.12. The minimum Gasteiger partial charge on any atom is -0.305 e. The normalized spacial score (nSPS) is 12.0. The van der Waals surface area contributed by atoms with E-state index in [-0.39, 0.29) is 6.04 Å². The molecule has 0 bridgehead atoms. The molecule has 4 nitrogen and oxygen atoms in total. The molecule has 0 saturated heterocycles. The number of H-pyrrole nitrogens is 1. The largest absolute Gasteiger partial charge is 0.305 e. The topological polar surface area (TPSA) is 64.5 Å². The molecule has 0 fully saturated rings. The smallest absolute Gasteiger partial charge is 0.0991 e. The summed E-state index contributed by atoms with van der Waals surface area (Å²) < 4.78 is 0. The Morgan fingerprint density at radius 2 is 2.35 bits per heavy atom. The van der Waals surface area contributed by atoms with E-state index >= 15 is 0 Å². The van der Waals surface area contributed by atoms with Gasteiger partial charge in [0.2, 0.25) is 0 Å². The molecule has 0 aliphatic carbocycles. The second-order valence-electron chi connectivity index (χ2n) is 3.93. The van der Waals surface area contributed by atoms with Crippen molar-refractivity contribution in [2.24, 2.45) is 0 Å². The monoisotopic (exact) mass is 226 g/mol. The van der Waals surface area contributed by atoms with E-state index < -0.39 is 0 Å². The lowest BCUT2D eigenvalue weighted by Crippen LogP contribution is -2.18. The van der Waals surface area contributed by atoms with Crippen LogP contribution in [0.2, 0.25) is 0 Å². The Kier molecular flexibility index (Phi) is 3.53. The summed E-state index contributed by atoms with van der Waals surface area (Å²) in [4.78, 5) is 0. The average molecular weight is 226 g/mol. The van der Waals surface area contributed by atoms with Crippen molar-refractivity contribution in [2.45, 2.75) is 19.5 Å². The Morgan fingerprint density at radius 3 is 3.06 bits per heavy atom. The van der Waals surface area contributed by atoms with Crippen molar-refractivity contribution in [3.8, 4) is 6.07 Å². The molecule has 1 aromatic heterocycles. The zero-order valence-corrected chi connectivity index (χ0v) is 9.64. The lowest BCUT2D eigenvalue weighted by Gasteiger charge is -2.11. The van der Waals surface area contributed by atoms with E-state index in [9.17, 15) is 0 Å². The van der Waals surface area contributed by atoms with Crippen LogP contribution in [0.5, 0.6) is 0 Å². The van der Waals surface area contributed by atoms with E-state index in [4.69, 9.17) is 5.26 Å². The minimum absolute atomic E-state index is 0.211. The third-order valence-corrected chi connectivity index (χ3v) is 2.66. The second-order valence-corrected chi connectivity index (χ2v) is 3.93. The number of aromatic amines is 1. The zero-order chi connectivity index (χ0) is 12.1. The van der Waals surface area contributed by atoms with Crippen molar-refractivity contribution in [2.75, 3.05) is 0 Å². The Bertz CT molecular complexity index is 510. The van der Waals surface area contributed by atoms with E-state index in [1.54, 1.807) is 6.20 Å². The fourth-order valence-electron chi connectivity index (χ4n) is 1.64. The average Bonchev–Trinajstić information content (AvgIpc) is 2.90. The van der Waals surface area contributed by atoms with Crippen molar-refractivity contribution in [1.29, 1.82) is 5.26 Å². The first-order chi connectivity index (χ1) is 8.29. The van der Waals surface area contributed by atoms with Crippen LogP contribution in [-0.4, -0.2) is 10.2 Å². The number of nitrogens with one attached hydrogen (secondary N) is 2. The standard InChI is InChI=1S/C13H14N4/c1-10(13-5-6-16-17-13)15-9-12-4-2-3-11(7-12)8-14/h2-7,10,15H,9H2,1H3,(H,16,17). The van der Waals surface area contributed by atoms with Gasteiger partial charge in [0.05, 0.1) is 17.3 Å². The van der Waals surface area contributed by atoms with Gasteiger partial charge >= 0.3 is 0 Å². The van der Waals surface area contributed by atoms with Crippen LogP contribution in [0.1, 0.15) is 29.8 Å². The van der Waals surface area contributed by atoms with Gasteiger partial charge in [0.1, 0.15) is 0 Å². The van der Waals surface area contributed by atoms with Gasteiger partial charge in [-0.1, -0.05) is 12.1 Å². The summed E-state index contributed by atoms with van der Waals surface area (Å²) in [5.74, 6) is 0. The van der Waals surface area contributed by atoms with Gasteiger partial charge < -0.3 is 5.32 Å². The Balaban J connectivity index is 1.96. The summed E-state index contributed by atoms with van der Waals surface area (Å²) in [5.41, 5.74) is 2.86. The first kappa shape index (κ1) is 11.4. The van der Waals surface area contributed by atoms with Crippen LogP contribution in [0.4, 0.5) is 0 Å². The molecule has 17 heavy (non-hydrogen) atoms. The molecule has 0 spiro atoms. The quantitative estimate of drug-likeness (QED) is 0.839. The Morgan fingerprint density at radius 1 is 1.47 bits per heavy atom. The van der Waals surface area contributed by atoms with E-state index in [2.05, 4.69) is 28.5 Å². The molecule has 0 aliphatic heterocycles. The molecule has 1 atom stereocenters. The molecule has 4 heteroatoms. The van der Waals surface area contributed by atoms with E-state index in [0.717, 1.165) is 17.8 Å². The summed E-state index contributed by atoms with van der Waals surface area (Å²) in [5, 5.41) is 19.0. The number of hydrogen-bond acceptors (Lipinski definition) is 3. The summed E-state index contributed by atoms with van der Waals surface area (Å²) in [6, 6.07) is 11.9. The van der Waals surface area contributed by atoms with Crippen LogP contribution in [0.3, 0.4) is 0 Å². The maximum atomic E-state index is 8.81. The molecule has 0 amide bonds. The number of benzene rings is 1. The minimum atomic E-state index is 0.211. The molecule has 2 N–H and O–H groups in total. The summed E-state index contributed by atoms with van der Waals surface area (Å²) in [7, 11) is 0. The van der Waals surface area contributed by atoms with Gasteiger partial charge in [-0.15, -0.1) is 0 Å². The highest BCUT2D eigenvalue weighted by Crippen LogP contribution is 2.10. The fourth-order valence-corrected chi connectivity index (χ4v) is 1.64. The van der Waals surface area contributed by atoms with Crippen LogP contribution in [0.25, 0.3) is 0 Å². The Labute approximate surface area is 100 Å². The molecular formula is C13H14N4. The van der Waals surface area contributed by atoms with Crippen LogP contribution in [0.15, 0.2) is 36.5 Å². The lowest BCUT2D eigenvalue weighted by atomic mass is 10.1. The van der Waals surface area contributed by atoms with Gasteiger partial charge in [0.25, 0.3) is 0 Å². The molecule has 1 aromatic carbocycles. The van der Waals surface area contributed by atoms with Crippen molar-refractivity contribution in [1.82, 2.24) is 15.5 Å². The van der Waals surface area contributed by atoms with Gasteiger partial charge in [-0.25, -0.2) is 0 Å². The summed E-state index contributed by atoms with van der Waals surface area (Å²) >= 11 is 0. The first-order valence-electron chi connectivity index (χ1n) is 5.51. The molecule has 0 saturated carbocycles. The molecule has 0 radical (unpaired) electrons. The number of hydrogen-bond donors (Lipinski definition) is 2. The van der Waals surface area contributed by atoms with E-state index in [0.29, 0.717) is 5.56 Å². The number of aromatic nitrogens is 2. The van der Waals surface area contributed by atoms with Crippen LogP contribution >= 0.6 is 0 Å². The number of rotatable bonds is 4. The second kappa shape index (κ2) is 5.28. The predicted octanol–water partition coefficient (Wildman–Crippen LogP) is 2.13. The third-order valence-electron chi connectivity index (χ3n) is 2.66. The molecule has 0 aliphatic rings. The fraction of sp³-hybridized carbons (Fsp3) is 0.231. The van der Waals surface area contributed by atoms with Crippen molar-refractivity contribution in [3.05, 3.63) is 53.3 Å². The third kappa shape index (κ3) is 2.92. The highest BCUT2D eigenvalue weighted by Gasteiger charge is 2.05. The first-order valence-corrected chi connectivity index (χ1v) is 5.51. The van der Waals surface area contributed by atoms with Crippen molar-refractivity contribution < 1.29 is 0 Å². The lowest BCUT2D eigenvalue weighted by molar-refractivity contribution is 0.560. The van der Waals surface area contributed by atoms with E-state index in [1.165, 1.54) is 0 Å². The zero-order valence-electron chi connectivity index (χ0n) is 9.64. The van der Waals surface area contributed by atoms with Gasteiger partial charge in [0.15, 0.2) is 0 Å². The van der Waals surface area contributed by atoms with Crippen molar-refractivity contribution in [3.63, 3.8) is 0 Å². The van der Waals surface area contributed by atoms with Crippen LogP contribution in [-0.2, 0) is 6.54 Å². The van der Waals surface area contributed by atoms with Crippen LogP contribution < -0.4 is 5.32 Å². The molecular weight excluding hydrogens is 212 g/mol. The van der Waals surface area contributed by atoms with Gasteiger partial charge in [-0.3, -0.25) is 5.10 Å². The molecule has 2 aromatic rings. The maximum absolute atomic E-state index is 8.81. The van der Waals surface area contributed by atoms with Gasteiger partial charge in [-0.05, 0) is 30.7 Å². The highest BCUT2D eigenvalue weighted by molar-refractivity contribution is 5.32. The SMILES string of the molecule is CC(NCc1cccc(C#N)c1)c1ccn[nH]1. The summed E-state index contributed by atoms with van der Waals surface area (Å²) in [6.45, 7) is 2.80. The molecule has 86 valence electrons.